The van der Waals surface area contributed by atoms with Gasteiger partial charge in [-0.15, -0.1) is 21.5 Å². The maximum absolute atomic E-state index is 13.2. The third kappa shape index (κ3) is 4.84. The number of carbonyl (C=O) groups excluding carboxylic acids is 1. The molecule has 0 radical (unpaired) electrons. The first-order valence-corrected chi connectivity index (χ1v) is 14.1. The Bertz CT molecular complexity index is 1560. The van der Waals surface area contributed by atoms with E-state index in [9.17, 15) is 18.0 Å². The Morgan fingerprint density at radius 1 is 1.18 bits per heavy atom. The van der Waals surface area contributed by atoms with Gasteiger partial charge in [0.1, 0.15) is 17.8 Å². The van der Waals surface area contributed by atoms with E-state index in [0.717, 1.165) is 73.1 Å². The minimum Gasteiger partial charge on any atom is -0.368 e. The molecule has 10 nitrogen and oxygen atoms in total. The summed E-state index contributed by atoms with van der Waals surface area (Å²) in [7, 11) is 0. The van der Waals surface area contributed by atoms with Gasteiger partial charge in [-0.1, -0.05) is 6.92 Å². The van der Waals surface area contributed by atoms with Crippen molar-refractivity contribution >= 4 is 28.7 Å². The Labute approximate surface area is 231 Å². The lowest BCUT2D eigenvalue weighted by atomic mass is 10.2. The molecule has 1 aliphatic heterocycles. The second kappa shape index (κ2) is 9.39. The number of hydrogen-bond acceptors (Lipinski definition) is 8. The number of nitrogens with one attached hydrogen (secondary N) is 1. The summed E-state index contributed by atoms with van der Waals surface area (Å²) in [6.45, 7) is 2.75. The number of carbonyl (C=O) groups is 1. The molecule has 2 unspecified atom stereocenters. The van der Waals surface area contributed by atoms with Crippen LogP contribution in [0.5, 0.6) is 0 Å². The summed E-state index contributed by atoms with van der Waals surface area (Å²) >= 11 is 1.16. The number of halogens is 3. The number of rotatable bonds is 8. The van der Waals surface area contributed by atoms with Gasteiger partial charge in [-0.25, -0.2) is 15.0 Å². The predicted octanol–water partition coefficient (Wildman–Crippen LogP) is 4.77. The Morgan fingerprint density at radius 2 is 1.98 bits per heavy atom. The van der Waals surface area contributed by atoms with E-state index < -0.39 is 18.0 Å². The predicted molar refractivity (Wildman–Crippen MR) is 141 cm³/mol. The number of amides is 1. The first-order chi connectivity index (χ1) is 19.2. The van der Waals surface area contributed by atoms with E-state index in [2.05, 4.69) is 35.4 Å². The maximum Gasteiger partial charge on any atom is 0.393 e. The lowest BCUT2D eigenvalue weighted by molar-refractivity contribution is -0.172. The molecule has 1 saturated heterocycles. The van der Waals surface area contributed by atoms with Crippen LogP contribution in [0.25, 0.3) is 16.5 Å². The van der Waals surface area contributed by atoms with Crippen LogP contribution in [0.4, 0.5) is 24.7 Å². The number of pyridine rings is 1. The lowest BCUT2D eigenvalue weighted by Gasteiger charge is -2.23. The van der Waals surface area contributed by atoms with E-state index in [0.29, 0.717) is 10.9 Å². The van der Waals surface area contributed by atoms with Gasteiger partial charge in [0.15, 0.2) is 10.8 Å². The van der Waals surface area contributed by atoms with Crippen molar-refractivity contribution in [1.82, 2.24) is 34.3 Å². The van der Waals surface area contributed by atoms with Crippen molar-refractivity contribution in [2.75, 3.05) is 23.3 Å². The molecule has 0 bridgehead atoms. The summed E-state index contributed by atoms with van der Waals surface area (Å²) in [5.41, 5.74) is 3.12. The average Bonchev–Trinajstić information content (AvgIpc) is 3.59. The van der Waals surface area contributed by atoms with Crippen LogP contribution in [-0.2, 0) is 6.54 Å². The summed E-state index contributed by atoms with van der Waals surface area (Å²) in [5.74, 6) is 0.435. The van der Waals surface area contributed by atoms with Crippen molar-refractivity contribution in [3.8, 4) is 16.5 Å². The van der Waals surface area contributed by atoms with Crippen molar-refractivity contribution in [2.24, 2.45) is 17.8 Å². The molecular weight excluding hydrogens is 543 g/mol. The molecule has 2 saturated carbocycles. The minimum atomic E-state index is -4.34. The highest BCUT2D eigenvalue weighted by atomic mass is 32.1. The molecule has 0 spiro atoms. The standard InChI is InChI=1S/C26H26F3N9OS/c1-14(26(27,28)29)7-38-13-32-35-23(38)25-34-22(11-40-25)33-24(39)18-5-20(37-10-19(31-12-37)15-2-3-15)21(6-30-18)36-8-16-4-17(16)9-36/h5-6,10-17H,2-4,7-9H2,1H3,(H,33,39)/t14-,16?,17?/m1/s1. The minimum absolute atomic E-state index is 0.210. The maximum atomic E-state index is 13.2. The third-order valence-corrected chi connectivity index (χ3v) is 8.71. The van der Waals surface area contributed by atoms with Gasteiger partial charge in [-0.2, -0.15) is 13.2 Å². The van der Waals surface area contributed by atoms with Gasteiger partial charge < -0.3 is 19.4 Å². The molecule has 7 rings (SSSR count). The number of nitrogens with zero attached hydrogens (tertiary/aromatic N) is 8. The first-order valence-electron chi connectivity index (χ1n) is 13.2. The smallest absolute Gasteiger partial charge is 0.368 e. The topological polar surface area (TPSA) is 107 Å². The van der Waals surface area contributed by atoms with Gasteiger partial charge in [-0.3, -0.25) is 4.79 Å². The molecule has 4 aromatic rings. The SMILES string of the molecule is C[C@H](Cn1cnnc1-c1nc(NC(=O)c2cc(-n3cnc(C4CC4)c3)c(N3CC4CC4C3)cn2)cs1)C(F)(F)F. The van der Waals surface area contributed by atoms with Crippen LogP contribution in [-0.4, -0.2) is 59.5 Å². The van der Waals surface area contributed by atoms with E-state index in [-0.39, 0.29) is 23.9 Å². The summed E-state index contributed by atoms with van der Waals surface area (Å²) < 4.78 is 42.5. The van der Waals surface area contributed by atoms with Gasteiger partial charge in [-0.05, 0) is 37.2 Å². The normalized spacial score (nSPS) is 20.9. The van der Waals surface area contributed by atoms with Gasteiger partial charge in [0.2, 0.25) is 0 Å². The number of piperidine rings is 1. The molecule has 4 aromatic heterocycles. The summed E-state index contributed by atoms with van der Waals surface area (Å²) in [6.07, 6.45) is 6.08. The molecule has 5 heterocycles. The molecule has 2 aliphatic carbocycles. The summed E-state index contributed by atoms with van der Waals surface area (Å²) in [6, 6.07) is 1.77. The largest absolute Gasteiger partial charge is 0.393 e. The van der Waals surface area contributed by atoms with E-state index in [4.69, 9.17) is 0 Å². The molecule has 3 fully saturated rings. The summed E-state index contributed by atoms with van der Waals surface area (Å²) in [5, 5.41) is 12.4. The quantitative estimate of drug-likeness (QED) is 0.326. The molecule has 14 heteroatoms. The Balaban J connectivity index is 1.12. The first kappa shape index (κ1) is 25.2. The van der Waals surface area contributed by atoms with Gasteiger partial charge >= 0.3 is 6.18 Å². The van der Waals surface area contributed by atoms with Crippen molar-refractivity contribution < 1.29 is 18.0 Å². The monoisotopic (exact) mass is 569 g/mol. The van der Waals surface area contributed by atoms with Crippen molar-refractivity contribution in [1.29, 1.82) is 0 Å². The van der Waals surface area contributed by atoms with E-state index >= 15 is 0 Å². The second-order valence-electron chi connectivity index (χ2n) is 10.9. The molecule has 40 heavy (non-hydrogen) atoms. The Hall–Kier alpha value is -3.81. The van der Waals surface area contributed by atoms with E-state index in [1.54, 1.807) is 24.0 Å². The molecule has 1 amide bonds. The number of alkyl halides is 3. The van der Waals surface area contributed by atoms with Gasteiger partial charge in [0.05, 0.1) is 35.5 Å². The summed E-state index contributed by atoms with van der Waals surface area (Å²) in [4.78, 5) is 29.0. The highest BCUT2D eigenvalue weighted by Crippen LogP contribution is 2.47. The molecule has 1 N–H and O–H groups in total. The fraction of sp³-hybridized carbons (Fsp3) is 0.462. The lowest BCUT2D eigenvalue weighted by Crippen LogP contribution is -2.24. The van der Waals surface area contributed by atoms with Crippen LogP contribution >= 0.6 is 11.3 Å². The highest BCUT2D eigenvalue weighted by molar-refractivity contribution is 7.13. The number of anilines is 2. The third-order valence-electron chi connectivity index (χ3n) is 7.87. The van der Waals surface area contributed by atoms with E-state index in [1.807, 2.05) is 10.8 Å². The number of fused-ring (bicyclic) bond motifs is 1. The fourth-order valence-corrected chi connectivity index (χ4v) is 5.98. The van der Waals surface area contributed by atoms with Crippen LogP contribution in [0, 0.1) is 17.8 Å². The van der Waals surface area contributed by atoms with Crippen LogP contribution in [0.2, 0.25) is 0 Å². The molecule has 3 atom stereocenters. The molecule has 3 aliphatic rings. The van der Waals surface area contributed by atoms with Crippen LogP contribution < -0.4 is 10.2 Å². The average molecular weight is 570 g/mol. The fourth-order valence-electron chi connectivity index (χ4n) is 5.23. The van der Waals surface area contributed by atoms with Crippen LogP contribution in [0.3, 0.4) is 0 Å². The zero-order valence-corrected chi connectivity index (χ0v) is 22.4. The number of thiazole rings is 1. The zero-order valence-electron chi connectivity index (χ0n) is 21.5. The Kier molecular flexibility index (Phi) is 5.91. The van der Waals surface area contributed by atoms with Gasteiger partial charge in [0.25, 0.3) is 5.91 Å². The molecular formula is C26H26F3N9OS. The second-order valence-corrected chi connectivity index (χ2v) is 11.8. The molecule has 0 aromatic carbocycles. The molecule has 208 valence electrons. The van der Waals surface area contributed by atoms with Gasteiger partial charge in [0, 0.05) is 37.1 Å². The van der Waals surface area contributed by atoms with Crippen LogP contribution in [0.1, 0.15) is 48.3 Å². The number of imidazole rings is 1. The van der Waals surface area contributed by atoms with E-state index in [1.165, 1.54) is 17.3 Å². The van der Waals surface area contributed by atoms with Crippen molar-refractivity contribution in [3.05, 3.63) is 47.9 Å². The van der Waals surface area contributed by atoms with Crippen molar-refractivity contribution in [2.45, 2.75) is 44.8 Å². The van der Waals surface area contributed by atoms with Crippen molar-refractivity contribution in [3.63, 3.8) is 0 Å². The number of hydrogen-bond donors (Lipinski definition) is 1. The number of aromatic nitrogens is 7. The Morgan fingerprint density at radius 3 is 2.73 bits per heavy atom. The van der Waals surface area contributed by atoms with Crippen LogP contribution in [0.15, 0.2) is 36.5 Å². The highest BCUT2D eigenvalue weighted by Gasteiger charge is 2.45. The zero-order chi connectivity index (χ0) is 27.6.